The van der Waals surface area contributed by atoms with E-state index in [0.717, 1.165) is 79.8 Å². The van der Waals surface area contributed by atoms with Gasteiger partial charge in [0.2, 0.25) is 0 Å². The Bertz CT molecular complexity index is 2470. The first kappa shape index (κ1) is 31.7. The van der Waals surface area contributed by atoms with Crippen molar-refractivity contribution >= 4 is 50.5 Å². The van der Waals surface area contributed by atoms with Crippen LogP contribution in [-0.4, -0.2) is 11.5 Å². The fraction of sp³-hybridized carbons (Fsp3) is 0.0638. The van der Waals surface area contributed by atoms with E-state index < -0.39 is 0 Å². The van der Waals surface area contributed by atoms with Gasteiger partial charge in [0.15, 0.2) is 5.84 Å². The van der Waals surface area contributed by atoms with E-state index in [4.69, 9.17) is 14.4 Å². The fourth-order valence-electron chi connectivity index (χ4n) is 6.65. The molecule has 8 rings (SSSR count). The highest BCUT2D eigenvalue weighted by Crippen LogP contribution is 2.44. The molecule has 0 saturated heterocycles. The molecule has 4 heteroatoms. The molecular weight excluding hydrogens is 623 g/mol. The number of benzene rings is 6. The highest BCUT2D eigenvalue weighted by Gasteiger charge is 2.22. The van der Waals surface area contributed by atoms with Gasteiger partial charge in [-0.1, -0.05) is 134 Å². The predicted molar refractivity (Wildman–Crippen MR) is 215 cm³/mol. The zero-order chi connectivity index (χ0) is 34.6. The summed E-state index contributed by atoms with van der Waals surface area (Å²) >= 11 is 0. The molecule has 6 aromatic carbocycles. The average Bonchev–Trinajstić information content (AvgIpc) is 3.58. The van der Waals surface area contributed by atoms with Gasteiger partial charge < -0.3 is 9.32 Å². The smallest absolute Gasteiger partial charge is 0.160 e. The van der Waals surface area contributed by atoms with Crippen LogP contribution < -0.4 is 4.90 Å². The van der Waals surface area contributed by atoms with Gasteiger partial charge in [-0.05, 0) is 84.5 Å². The number of furan rings is 1. The number of hydrogen-bond acceptors (Lipinski definition) is 3. The summed E-state index contributed by atoms with van der Waals surface area (Å²) < 4.78 is 6.62. The van der Waals surface area contributed by atoms with E-state index in [9.17, 15) is 0 Å². The first-order valence-corrected chi connectivity index (χ1v) is 17.3. The summed E-state index contributed by atoms with van der Waals surface area (Å²) in [6.07, 6.45) is 8.46. The molecule has 0 amide bonds. The minimum atomic E-state index is 0.567. The van der Waals surface area contributed by atoms with Gasteiger partial charge in [0, 0.05) is 28.0 Å². The lowest BCUT2D eigenvalue weighted by Crippen LogP contribution is -2.12. The lowest BCUT2D eigenvalue weighted by Gasteiger charge is -2.27. The fourth-order valence-corrected chi connectivity index (χ4v) is 6.65. The summed E-state index contributed by atoms with van der Waals surface area (Å²) in [6.45, 7) is 6.42. The highest BCUT2D eigenvalue weighted by molar-refractivity contribution is 6.18. The lowest BCUT2D eigenvalue weighted by molar-refractivity contribution is 0.669. The summed E-state index contributed by atoms with van der Waals surface area (Å²) in [5, 5.41) is 2.06. The van der Waals surface area contributed by atoms with E-state index in [1.807, 2.05) is 49.4 Å². The van der Waals surface area contributed by atoms with Gasteiger partial charge in [0.25, 0.3) is 0 Å². The zero-order valence-corrected chi connectivity index (χ0v) is 28.5. The lowest BCUT2D eigenvalue weighted by atomic mass is 10.0. The van der Waals surface area contributed by atoms with E-state index in [0.29, 0.717) is 11.5 Å². The second-order valence-electron chi connectivity index (χ2n) is 12.6. The molecule has 0 radical (unpaired) electrons. The highest BCUT2D eigenvalue weighted by atomic mass is 16.3. The largest absolute Gasteiger partial charge is 0.456 e. The Morgan fingerprint density at radius 3 is 2.00 bits per heavy atom. The van der Waals surface area contributed by atoms with Crippen LogP contribution in [0.15, 0.2) is 202 Å². The second kappa shape index (κ2) is 14.1. The third-order valence-corrected chi connectivity index (χ3v) is 9.24. The zero-order valence-electron chi connectivity index (χ0n) is 28.5. The Kier molecular flexibility index (Phi) is 8.80. The summed E-state index contributed by atoms with van der Waals surface area (Å²) in [6, 6.07) is 52.4. The van der Waals surface area contributed by atoms with Gasteiger partial charge in [-0.15, -0.1) is 0 Å². The van der Waals surface area contributed by atoms with Crippen LogP contribution in [0.2, 0.25) is 0 Å². The van der Waals surface area contributed by atoms with Crippen LogP contribution in [0.4, 0.5) is 17.1 Å². The van der Waals surface area contributed by atoms with E-state index in [-0.39, 0.29) is 0 Å². The Morgan fingerprint density at radius 2 is 1.27 bits per heavy atom. The Labute approximate surface area is 298 Å². The molecule has 0 spiro atoms. The van der Waals surface area contributed by atoms with Gasteiger partial charge in [-0.25, -0.2) is 9.98 Å². The molecule has 51 heavy (non-hydrogen) atoms. The Hall–Kier alpha value is -6.52. The predicted octanol–water partition coefficient (Wildman–Crippen LogP) is 12.8. The number of anilines is 3. The van der Waals surface area contributed by atoms with Crippen molar-refractivity contribution in [3.05, 3.63) is 199 Å². The summed E-state index contributed by atoms with van der Waals surface area (Å²) in [5.41, 5.74) is 11.3. The van der Waals surface area contributed by atoms with E-state index in [1.165, 1.54) is 5.56 Å². The van der Waals surface area contributed by atoms with Crippen LogP contribution in [0.1, 0.15) is 30.9 Å². The van der Waals surface area contributed by atoms with Crippen LogP contribution in [0.3, 0.4) is 0 Å². The summed E-state index contributed by atoms with van der Waals surface area (Å²) in [5.74, 6) is 0.567. The molecule has 1 aromatic heterocycles. The molecule has 0 saturated carbocycles. The molecule has 0 N–H and O–H groups in total. The third kappa shape index (κ3) is 6.60. The topological polar surface area (TPSA) is 41.1 Å². The van der Waals surface area contributed by atoms with Crippen molar-refractivity contribution < 1.29 is 4.42 Å². The van der Waals surface area contributed by atoms with Crippen molar-refractivity contribution in [2.75, 3.05) is 4.90 Å². The Balaban J connectivity index is 1.37. The summed E-state index contributed by atoms with van der Waals surface area (Å²) in [7, 11) is 0. The van der Waals surface area contributed by atoms with Crippen molar-refractivity contribution in [3.8, 4) is 11.1 Å². The van der Waals surface area contributed by atoms with Crippen molar-refractivity contribution in [3.63, 3.8) is 0 Å². The quantitative estimate of drug-likeness (QED) is 0.120. The van der Waals surface area contributed by atoms with Crippen LogP contribution in [0, 0.1) is 0 Å². The van der Waals surface area contributed by atoms with Gasteiger partial charge in [-0.3, -0.25) is 0 Å². The monoisotopic (exact) mass is 659 g/mol. The normalized spacial score (nSPS) is 13.4. The number of para-hydroxylation sites is 2. The molecule has 0 bridgehead atoms. The molecule has 0 fully saturated rings. The van der Waals surface area contributed by atoms with Crippen LogP contribution in [0.5, 0.6) is 0 Å². The van der Waals surface area contributed by atoms with Gasteiger partial charge >= 0.3 is 0 Å². The molecule has 4 nitrogen and oxygen atoms in total. The molecule has 7 aromatic rings. The van der Waals surface area contributed by atoms with Gasteiger partial charge in [-0.2, -0.15) is 0 Å². The van der Waals surface area contributed by atoms with E-state index in [2.05, 4.69) is 139 Å². The standard InChI is InChI=1S/C47H37N3O/c1-33(35-17-7-3-8-18-35)48-47(49-34(2)36-19-9-4-10-20-36)39-31-43(46-42-25-15-16-26-44(42)51-45(46)32-39)50(40-23-13-6-14-24-40)41-29-27-38(28-30-41)37-21-11-5-12-22-37/h4-7,9-32H,1,3,8H2,2H3. The minimum absolute atomic E-state index is 0.567. The van der Waals surface area contributed by atoms with Gasteiger partial charge in [0.05, 0.1) is 16.8 Å². The number of rotatable bonds is 8. The molecular formula is C47H37N3O. The van der Waals surface area contributed by atoms with Crippen molar-refractivity contribution in [1.82, 2.24) is 0 Å². The molecule has 1 aliphatic carbocycles. The third-order valence-electron chi connectivity index (χ3n) is 9.24. The van der Waals surface area contributed by atoms with Crippen molar-refractivity contribution in [2.24, 2.45) is 9.98 Å². The van der Waals surface area contributed by atoms with Gasteiger partial charge in [0.1, 0.15) is 11.2 Å². The molecule has 0 atom stereocenters. The molecule has 0 aliphatic heterocycles. The minimum Gasteiger partial charge on any atom is -0.456 e. The molecule has 0 unspecified atom stereocenters. The number of allylic oxidation sites excluding steroid dienone is 3. The van der Waals surface area contributed by atoms with Crippen molar-refractivity contribution in [1.29, 1.82) is 0 Å². The number of nitrogens with zero attached hydrogens (tertiary/aromatic N) is 3. The SMILES string of the molecule is C=C(N=C(N=C(C)c1ccccc1)c1cc(N(c2ccccc2)c2ccc(-c3ccccc3)cc2)c2c(c1)oc1ccccc12)C1=CCCC=C1. The summed E-state index contributed by atoms with van der Waals surface area (Å²) in [4.78, 5) is 12.6. The molecule has 246 valence electrons. The number of hydrogen-bond donors (Lipinski definition) is 0. The number of amidine groups is 1. The van der Waals surface area contributed by atoms with Crippen molar-refractivity contribution in [2.45, 2.75) is 19.8 Å². The first-order chi connectivity index (χ1) is 25.1. The van der Waals surface area contributed by atoms with Crippen LogP contribution >= 0.6 is 0 Å². The maximum atomic E-state index is 6.62. The molecule has 1 heterocycles. The van der Waals surface area contributed by atoms with E-state index in [1.54, 1.807) is 0 Å². The average molecular weight is 660 g/mol. The Morgan fingerprint density at radius 1 is 0.627 bits per heavy atom. The second-order valence-corrected chi connectivity index (χ2v) is 12.6. The maximum absolute atomic E-state index is 6.62. The first-order valence-electron chi connectivity index (χ1n) is 17.3. The maximum Gasteiger partial charge on any atom is 0.160 e. The molecule has 1 aliphatic rings. The number of fused-ring (bicyclic) bond motifs is 3. The number of aliphatic imine (C=N–C) groups is 2. The van der Waals surface area contributed by atoms with E-state index >= 15 is 0 Å². The van der Waals surface area contributed by atoms with Crippen LogP contribution in [-0.2, 0) is 0 Å². The van der Waals surface area contributed by atoms with Crippen LogP contribution in [0.25, 0.3) is 33.1 Å².